The van der Waals surface area contributed by atoms with E-state index in [0.29, 0.717) is 18.7 Å². The molecule has 0 aliphatic carbocycles. The average Bonchev–Trinajstić information content (AvgIpc) is 2.48. The largest absolute Gasteiger partial charge is 0.660 e. The standard InChI is InChI=1S/C9H15N3O3/c1-7-9(10)15-11-12(7)6-4-2-3-5-8(13)14/h2-6H2,1H3,(H2-,10,11,13,14). The van der Waals surface area contributed by atoms with E-state index >= 15 is 0 Å². The molecule has 0 bridgehead atoms. The highest BCUT2D eigenvalue weighted by Crippen LogP contribution is 2.10. The van der Waals surface area contributed by atoms with Crippen molar-refractivity contribution in [3.63, 3.8) is 0 Å². The molecule has 2 N–H and O–H groups in total. The number of nitrogens with zero attached hydrogens (tertiary/aromatic N) is 2. The van der Waals surface area contributed by atoms with E-state index in [1.165, 1.54) is 0 Å². The van der Waals surface area contributed by atoms with E-state index in [9.17, 15) is 4.79 Å². The third-order valence-corrected chi connectivity index (χ3v) is 2.21. The average molecular weight is 213 g/mol. The fourth-order valence-corrected chi connectivity index (χ4v) is 1.26. The smallest absolute Gasteiger partial charge is 0.303 e. The quantitative estimate of drug-likeness (QED) is 0.573. The van der Waals surface area contributed by atoms with E-state index in [1.807, 2.05) is 0 Å². The molecule has 6 heteroatoms. The van der Waals surface area contributed by atoms with Crippen molar-refractivity contribution in [1.29, 1.82) is 0 Å². The molecule has 0 radical (unpaired) electrons. The highest BCUT2D eigenvalue weighted by molar-refractivity contribution is 5.66. The first-order chi connectivity index (χ1) is 7.11. The summed E-state index contributed by atoms with van der Waals surface area (Å²) in [6.07, 6.45) is 2.59. The van der Waals surface area contributed by atoms with E-state index < -0.39 is 5.97 Å². The number of hydrogen-bond acceptors (Lipinski definition) is 3. The SMILES string of the molecule is Cc1c([NH-])on[n+]1CCCCCC(=O)O. The van der Waals surface area contributed by atoms with E-state index in [4.69, 9.17) is 10.8 Å². The van der Waals surface area contributed by atoms with Gasteiger partial charge in [0.05, 0.1) is 0 Å². The second-order valence-corrected chi connectivity index (χ2v) is 3.42. The highest BCUT2D eigenvalue weighted by atomic mass is 16.5. The van der Waals surface area contributed by atoms with Crippen molar-refractivity contribution in [3.8, 4) is 0 Å². The van der Waals surface area contributed by atoms with Crippen molar-refractivity contribution in [3.05, 3.63) is 11.4 Å². The van der Waals surface area contributed by atoms with Crippen LogP contribution in [0.2, 0.25) is 0 Å². The Kier molecular flexibility index (Phi) is 4.08. The van der Waals surface area contributed by atoms with Crippen LogP contribution in [0, 0.1) is 6.92 Å². The van der Waals surface area contributed by atoms with Gasteiger partial charge < -0.3 is 15.4 Å². The molecule has 0 atom stereocenters. The van der Waals surface area contributed by atoms with Crippen molar-refractivity contribution in [1.82, 2.24) is 5.27 Å². The van der Waals surface area contributed by atoms with Crippen LogP contribution in [-0.4, -0.2) is 16.3 Å². The number of hydrogen-bond donors (Lipinski definition) is 1. The van der Waals surface area contributed by atoms with Crippen molar-refractivity contribution in [2.45, 2.75) is 39.2 Å². The Morgan fingerprint density at radius 2 is 2.27 bits per heavy atom. The summed E-state index contributed by atoms with van der Waals surface area (Å²) < 4.78 is 6.30. The van der Waals surface area contributed by atoms with Crippen molar-refractivity contribution < 1.29 is 19.1 Å². The van der Waals surface area contributed by atoms with Crippen molar-refractivity contribution in [2.75, 3.05) is 0 Å². The maximum Gasteiger partial charge on any atom is 0.303 e. The lowest BCUT2D eigenvalue weighted by atomic mass is 10.2. The number of nitrogens with one attached hydrogen (secondary N) is 1. The molecule has 0 unspecified atom stereocenters. The number of carboxylic acid groups (broad SMARTS) is 1. The number of aliphatic carboxylic acids is 1. The van der Waals surface area contributed by atoms with E-state index in [0.717, 1.165) is 12.8 Å². The molecule has 1 heterocycles. The van der Waals surface area contributed by atoms with Gasteiger partial charge in [-0.3, -0.25) is 4.79 Å². The summed E-state index contributed by atoms with van der Waals surface area (Å²) in [5.41, 5.74) is 7.99. The minimum Gasteiger partial charge on any atom is -0.660 e. The van der Waals surface area contributed by atoms with Gasteiger partial charge in [-0.1, -0.05) is 4.68 Å². The Morgan fingerprint density at radius 3 is 2.80 bits per heavy atom. The molecule has 0 saturated carbocycles. The molecule has 0 spiro atoms. The Bertz CT molecular complexity index is 335. The number of carbonyl (C=O) groups is 1. The van der Waals surface area contributed by atoms with Crippen LogP contribution < -0.4 is 4.68 Å². The Hall–Kier alpha value is -1.59. The summed E-state index contributed by atoms with van der Waals surface area (Å²) in [7, 11) is 0. The molecule has 15 heavy (non-hydrogen) atoms. The number of aromatic nitrogens is 2. The van der Waals surface area contributed by atoms with Gasteiger partial charge in [0, 0.05) is 19.8 Å². The van der Waals surface area contributed by atoms with Crippen LogP contribution in [0.3, 0.4) is 0 Å². The first kappa shape index (κ1) is 11.5. The summed E-state index contributed by atoms with van der Waals surface area (Å²) in [6, 6.07) is 0. The van der Waals surface area contributed by atoms with Crippen LogP contribution in [0.15, 0.2) is 4.52 Å². The van der Waals surface area contributed by atoms with Gasteiger partial charge in [-0.05, 0) is 12.8 Å². The lowest BCUT2D eigenvalue weighted by Gasteiger charge is -1.94. The lowest BCUT2D eigenvalue weighted by Crippen LogP contribution is -2.37. The summed E-state index contributed by atoms with van der Waals surface area (Å²) >= 11 is 0. The highest BCUT2D eigenvalue weighted by Gasteiger charge is 2.12. The molecule has 84 valence electrons. The van der Waals surface area contributed by atoms with Crippen LogP contribution in [0.5, 0.6) is 0 Å². The zero-order valence-corrected chi connectivity index (χ0v) is 8.69. The van der Waals surface area contributed by atoms with E-state index in [2.05, 4.69) is 9.79 Å². The van der Waals surface area contributed by atoms with Gasteiger partial charge in [-0.25, -0.2) is 0 Å². The summed E-state index contributed by atoms with van der Waals surface area (Å²) in [4.78, 5) is 10.2. The molecule has 1 rings (SSSR count). The van der Waals surface area contributed by atoms with Crippen LogP contribution in [-0.2, 0) is 11.3 Å². The molecular weight excluding hydrogens is 198 g/mol. The van der Waals surface area contributed by atoms with Gasteiger partial charge in [-0.15, -0.1) is 0 Å². The fourth-order valence-electron chi connectivity index (χ4n) is 1.26. The topological polar surface area (TPSA) is 91.0 Å². The molecule has 0 fully saturated rings. The first-order valence-corrected chi connectivity index (χ1v) is 4.91. The number of carboxylic acids is 1. The zero-order chi connectivity index (χ0) is 11.3. The molecule has 0 aliphatic heterocycles. The molecule has 6 nitrogen and oxygen atoms in total. The van der Waals surface area contributed by atoms with E-state index in [1.54, 1.807) is 11.6 Å². The number of aryl methyl sites for hydroxylation is 1. The minimum atomic E-state index is -0.756. The lowest BCUT2D eigenvalue weighted by molar-refractivity contribution is -0.767. The summed E-state index contributed by atoms with van der Waals surface area (Å²) in [5, 5.41) is 12.1. The van der Waals surface area contributed by atoms with Gasteiger partial charge in [-0.2, -0.15) is 0 Å². The molecule has 1 aromatic rings. The van der Waals surface area contributed by atoms with Gasteiger partial charge in [0.15, 0.2) is 11.8 Å². The third kappa shape index (κ3) is 3.57. The Labute approximate surface area is 87.6 Å². The fraction of sp³-hybridized carbons (Fsp3) is 0.667. The molecule has 0 aromatic carbocycles. The normalized spacial score (nSPS) is 10.5. The summed E-state index contributed by atoms with van der Waals surface area (Å²) in [6.45, 7) is 2.45. The number of unbranched alkanes of at least 4 members (excludes halogenated alkanes) is 2. The second kappa shape index (κ2) is 5.33. The van der Waals surface area contributed by atoms with Gasteiger partial charge >= 0.3 is 5.97 Å². The van der Waals surface area contributed by atoms with Gasteiger partial charge in [0.2, 0.25) is 5.69 Å². The molecule has 0 saturated heterocycles. The molecule has 0 amide bonds. The van der Waals surface area contributed by atoms with Gasteiger partial charge in [0.25, 0.3) is 0 Å². The Morgan fingerprint density at radius 1 is 1.53 bits per heavy atom. The molecular formula is C9H15N3O3. The van der Waals surface area contributed by atoms with Crippen LogP contribution in [0.25, 0.3) is 5.73 Å². The Balaban J connectivity index is 2.20. The molecule has 0 aliphatic rings. The number of rotatable bonds is 6. The van der Waals surface area contributed by atoms with E-state index in [-0.39, 0.29) is 12.3 Å². The van der Waals surface area contributed by atoms with Gasteiger partial charge in [0.1, 0.15) is 5.88 Å². The minimum absolute atomic E-state index is 0.0838. The second-order valence-electron chi connectivity index (χ2n) is 3.42. The predicted octanol–water partition coefficient (Wildman–Crippen LogP) is 1.60. The predicted molar refractivity (Wildman–Crippen MR) is 51.5 cm³/mol. The van der Waals surface area contributed by atoms with Crippen LogP contribution in [0.4, 0.5) is 5.88 Å². The zero-order valence-electron chi connectivity index (χ0n) is 8.69. The maximum absolute atomic E-state index is 10.2. The first-order valence-electron chi connectivity index (χ1n) is 4.91. The van der Waals surface area contributed by atoms with Crippen molar-refractivity contribution >= 4 is 11.9 Å². The summed E-state index contributed by atoms with van der Waals surface area (Å²) in [5.74, 6) is -0.672. The van der Waals surface area contributed by atoms with Crippen LogP contribution >= 0.6 is 0 Å². The van der Waals surface area contributed by atoms with Crippen molar-refractivity contribution in [2.24, 2.45) is 0 Å². The monoisotopic (exact) mass is 213 g/mol. The molecule has 1 aromatic heterocycles. The maximum atomic E-state index is 10.2. The van der Waals surface area contributed by atoms with Crippen LogP contribution in [0.1, 0.15) is 31.4 Å². The third-order valence-electron chi connectivity index (χ3n) is 2.21.